The zero-order valence-electron chi connectivity index (χ0n) is 13.8. The van der Waals surface area contributed by atoms with E-state index in [2.05, 4.69) is 57.8 Å². The van der Waals surface area contributed by atoms with Crippen molar-refractivity contribution in [1.82, 2.24) is 15.1 Å². The number of nitrogens with one attached hydrogen (secondary N) is 1. The number of rotatable bonds is 5. The zero-order chi connectivity index (χ0) is 16.2. The lowest BCUT2D eigenvalue weighted by Crippen LogP contribution is -2.30. The summed E-state index contributed by atoms with van der Waals surface area (Å²) in [5.74, 6) is 2.17. The number of halogens is 1. The molecule has 0 saturated carbocycles. The summed E-state index contributed by atoms with van der Waals surface area (Å²) in [7, 11) is 1.69. The number of benzene rings is 1. The summed E-state index contributed by atoms with van der Waals surface area (Å²) >= 11 is 2.43. The van der Waals surface area contributed by atoms with Gasteiger partial charge in [-0.2, -0.15) is 5.10 Å². The van der Waals surface area contributed by atoms with Gasteiger partial charge in [-0.25, -0.2) is 0 Å². The van der Waals surface area contributed by atoms with Crippen LogP contribution in [0.3, 0.4) is 0 Å². The van der Waals surface area contributed by atoms with Crippen molar-refractivity contribution in [2.24, 2.45) is 5.92 Å². The molecule has 0 radical (unpaired) electrons. The zero-order valence-corrected chi connectivity index (χ0v) is 15.9. The number of hydrogen-bond donors (Lipinski definition) is 1. The van der Waals surface area contributed by atoms with Gasteiger partial charge in [-0.15, -0.1) is 0 Å². The van der Waals surface area contributed by atoms with E-state index in [0.29, 0.717) is 5.92 Å². The van der Waals surface area contributed by atoms with E-state index in [1.54, 1.807) is 7.11 Å². The van der Waals surface area contributed by atoms with Crippen molar-refractivity contribution in [3.63, 3.8) is 0 Å². The molecule has 0 spiro atoms. The number of methoxy groups -OCH3 is 1. The summed E-state index contributed by atoms with van der Waals surface area (Å²) in [5, 5.41) is 8.33. The van der Waals surface area contributed by atoms with Crippen LogP contribution in [0.2, 0.25) is 0 Å². The maximum atomic E-state index is 5.21. The van der Waals surface area contributed by atoms with Crippen LogP contribution in [0.1, 0.15) is 36.9 Å². The molecule has 5 heteroatoms. The molecule has 124 valence electrons. The Hall–Kier alpha value is -1.08. The van der Waals surface area contributed by atoms with E-state index < -0.39 is 0 Å². The molecule has 1 fully saturated rings. The van der Waals surface area contributed by atoms with Crippen molar-refractivity contribution in [2.75, 3.05) is 20.2 Å². The molecule has 1 aliphatic heterocycles. The predicted octanol–water partition coefficient (Wildman–Crippen LogP) is 3.65. The number of nitrogens with zero attached hydrogens (tertiary/aromatic N) is 2. The van der Waals surface area contributed by atoms with Gasteiger partial charge in [0, 0.05) is 12.1 Å². The number of hydrogen-bond acceptors (Lipinski definition) is 3. The Morgan fingerprint density at radius 2 is 2.00 bits per heavy atom. The van der Waals surface area contributed by atoms with Crippen LogP contribution in [0.4, 0.5) is 0 Å². The Balaban J connectivity index is 1.71. The van der Waals surface area contributed by atoms with E-state index in [0.717, 1.165) is 31.3 Å². The van der Waals surface area contributed by atoms with E-state index in [1.807, 2.05) is 12.1 Å². The van der Waals surface area contributed by atoms with E-state index >= 15 is 0 Å². The van der Waals surface area contributed by atoms with Crippen LogP contribution in [0.25, 0.3) is 0 Å². The van der Waals surface area contributed by atoms with Crippen LogP contribution in [0.15, 0.2) is 30.5 Å². The smallest absolute Gasteiger partial charge is 0.118 e. The molecule has 1 aromatic heterocycles. The van der Waals surface area contributed by atoms with Crippen LogP contribution in [0, 0.1) is 9.49 Å². The fourth-order valence-corrected chi connectivity index (χ4v) is 4.21. The number of aromatic nitrogens is 2. The lowest BCUT2D eigenvalue weighted by Gasteiger charge is -2.27. The normalized spacial score (nSPS) is 17.2. The second-order valence-electron chi connectivity index (χ2n) is 6.28. The van der Waals surface area contributed by atoms with E-state index in [4.69, 9.17) is 9.84 Å². The maximum Gasteiger partial charge on any atom is 0.118 e. The minimum Gasteiger partial charge on any atom is -0.497 e. The molecular weight excluding hydrogens is 401 g/mol. The van der Waals surface area contributed by atoms with E-state index in [1.165, 1.54) is 27.7 Å². The number of piperidine rings is 1. The molecule has 0 amide bonds. The molecular formula is C18H24IN3O. The van der Waals surface area contributed by atoms with Crippen molar-refractivity contribution >= 4 is 22.6 Å². The van der Waals surface area contributed by atoms with Crippen LogP contribution in [-0.2, 0) is 6.54 Å². The molecule has 0 bridgehead atoms. The average molecular weight is 425 g/mol. The van der Waals surface area contributed by atoms with Gasteiger partial charge in [-0.3, -0.25) is 4.68 Å². The SMILES string of the molecule is COc1ccc(Cn2cc(I)c([C@H](C)C3CCNCC3)n2)cc1. The highest BCUT2D eigenvalue weighted by Gasteiger charge is 2.25. The van der Waals surface area contributed by atoms with Crippen molar-refractivity contribution < 1.29 is 4.74 Å². The van der Waals surface area contributed by atoms with Gasteiger partial charge in [0.1, 0.15) is 5.75 Å². The monoisotopic (exact) mass is 425 g/mol. The lowest BCUT2D eigenvalue weighted by molar-refractivity contribution is 0.325. The Bertz CT molecular complexity index is 632. The number of ether oxygens (including phenoxy) is 1. The minimum absolute atomic E-state index is 0.529. The molecule has 23 heavy (non-hydrogen) atoms. The molecule has 0 unspecified atom stereocenters. The van der Waals surface area contributed by atoms with Gasteiger partial charge >= 0.3 is 0 Å². The Kier molecular flexibility index (Phi) is 5.58. The summed E-state index contributed by atoms with van der Waals surface area (Å²) in [6.07, 6.45) is 4.67. The van der Waals surface area contributed by atoms with Crippen molar-refractivity contribution in [3.8, 4) is 5.75 Å². The quantitative estimate of drug-likeness (QED) is 0.744. The minimum atomic E-state index is 0.529. The summed E-state index contributed by atoms with van der Waals surface area (Å²) in [5.41, 5.74) is 2.50. The third-order valence-corrected chi connectivity index (χ3v) is 5.60. The highest BCUT2D eigenvalue weighted by Crippen LogP contribution is 2.32. The van der Waals surface area contributed by atoms with Gasteiger partial charge in [0.15, 0.2) is 0 Å². The molecule has 0 aliphatic carbocycles. The topological polar surface area (TPSA) is 39.1 Å². The Morgan fingerprint density at radius 3 is 2.65 bits per heavy atom. The summed E-state index contributed by atoms with van der Waals surface area (Å²) in [6, 6.07) is 8.21. The third-order valence-electron chi connectivity index (χ3n) is 4.77. The van der Waals surface area contributed by atoms with Crippen molar-refractivity contribution in [1.29, 1.82) is 0 Å². The van der Waals surface area contributed by atoms with Gasteiger partial charge in [-0.05, 0) is 72.1 Å². The average Bonchev–Trinajstić information content (AvgIpc) is 2.96. The summed E-state index contributed by atoms with van der Waals surface area (Å²) in [6.45, 7) is 5.41. The Labute approximate surface area is 151 Å². The van der Waals surface area contributed by atoms with Gasteiger partial charge in [0.2, 0.25) is 0 Å². The second kappa shape index (κ2) is 7.66. The largest absolute Gasteiger partial charge is 0.497 e. The first-order valence-electron chi connectivity index (χ1n) is 8.24. The Morgan fingerprint density at radius 1 is 1.30 bits per heavy atom. The maximum absolute atomic E-state index is 5.21. The molecule has 1 N–H and O–H groups in total. The third kappa shape index (κ3) is 4.07. The highest BCUT2D eigenvalue weighted by molar-refractivity contribution is 14.1. The molecule has 2 heterocycles. The molecule has 3 rings (SSSR count). The van der Waals surface area contributed by atoms with Gasteiger partial charge in [-0.1, -0.05) is 19.1 Å². The van der Waals surface area contributed by atoms with Gasteiger partial charge in [0.05, 0.1) is 22.9 Å². The van der Waals surface area contributed by atoms with Gasteiger partial charge < -0.3 is 10.1 Å². The lowest BCUT2D eigenvalue weighted by atomic mass is 9.84. The first-order valence-corrected chi connectivity index (χ1v) is 9.31. The van der Waals surface area contributed by atoms with Crippen LogP contribution in [-0.4, -0.2) is 30.0 Å². The molecule has 2 aromatic rings. The van der Waals surface area contributed by atoms with Crippen molar-refractivity contribution in [2.45, 2.75) is 32.2 Å². The summed E-state index contributed by atoms with van der Waals surface area (Å²) in [4.78, 5) is 0. The standard InChI is InChI=1S/C18H24IN3O/c1-13(15-7-9-20-10-8-15)18-17(19)12-22(21-18)11-14-3-5-16(23-2)6-4-14/h3-6,12-13,15,20H,7-11H2,1-2H3/t13-/m1/s1. The van der Waals surface area contributed by atoms with Crippen LogP contribution >= 0.6 is 22.6 Å². The van der Waals surface area contributed by atoms with Crippen LogP contribution in [0.5, 0.6) is 5.75 Å². The van der Waals surface area contributed by atoms with Crippen LogP contribution < -0.4 is 10.1 Å². The first-order chi connectivity index (χ1) is 11.2. The fraction of sp³-hybridized carbons (Fsp3) is 0.500. The van der Waals surface area contributed by atoms with Crippen molar-refractivity contribution in [3.05, 3.63) is 45.3 Å². The fourth-order valence-electron chi connectivity index (χ4n) is 3.29. The molecule has 1 aliphatic rings. The summed E-state index contributed by atoms with van der Waals surface area (Å²) < 4.78 is 8.56. The molecule has 1 aromatic carbocycles. The molecule has 1 atom stereocenters. The molecule has 4 nitrogen and oxygen atoms in total. The van der Waals surface area contributed by atoms with Gasteiger partial charge in [0.25, 0.3) is 0 Å². The van der Waals surface area contributed by atoms with E-state index in [-0.39, 0.29) is 0 Å². The first kappa shape index (κ1) is 16.8. The second-order valence-corrected chi connectivity index (χ2v) is 7.45. The predicted molar refractivity (Wildman–Crippen MR) is 101 cm³/mol. The highest BCUT2D eigenvalue weighted by atomic mass is 127. The molecule has 1 saturated heterocycles. The van der Waals surface area contributed by atoms with E-state index in [9.17, 15) is 0 Å².